The van der Waals surface area contributed by atoms with Gasteiger partial charge in [0.05, 0.1) is 24.4 Å². The number of carbonyl (C=O) groups excluding carboxylic acids is 1. The van der Waals surface area contributed by atoms with Crippen LogP contribution < -0.4 is 11.1 Å². The van der Waals surface area contributed by atoms with Crippen LogP contribution in [0.2, 0.25) is 0 Å². The van der Waals surface area contributed by atoms with E-state index in [1.807, 2.05) is 30.7 Å². The molecule has 1 aliphatic heterocycles. The van der Waals surface area contributed by atoms with Gasteiger partial charge in [-0.1, -0.05) is 6.07 Å². The molecular formula is C14H16N4O. The van der Waals surface area contributed by atoms with Crippen LogP contribution in [0.4, 0.5) is 5.69 Å². The zero-order valence-corrected chi connectivity index (χ0v) is 11.0. The van der Waals surface area contributed by atoms with Gasteiger partial charge in [0.15, 0.2) is 0 Å². The number of carbonyl (C=O) groups is 1. The third-order valence-electron chi connectivity index (χ3n) is 3.55. The average molecular weight is 256 g/mol. The van der Waals surface area contributed by atoms with Crippen molar-refractivity contribution in [2.75, 3.05) is 5.32 Å². The maximum Gasteiger partial charge on any atom is 0.228 e. The van der Waals surface area contributed by atoms with E-state index in [0.717, 1.165) is 34.0 Å². The van der Waals surface area contributed by atoms with Crippen molar-refractivity contribution in [2.45, 2.75) is 19.9 Å². The third kappa shape index (κ3) is 1.82. The number of fused-ring (bicyclic) bond motifs is 1. The summed E-state index contributed by atoms with van der Waals surface area (Å²) in [6.45, 7) is 2.40. The number of nitrogens with two attached hydrogens (primary N) is 1. The smallest absolute Gasteiger partial charge is 0.228 e. The number of nitrogens with zero attached hydrogens (tertiary/aromatic N) is 2. The lowest BCUT2D eigenvalue weighted by molar-refractivity contribution is -0.115. The summed E-state index contributed by atoms with van der Waals surface area (Å²) in [7, 11) is 1.97. The van der Waals surface area contributed by atoms with Crippen LogP contribution in [-0.2, 0) is 24.8 Å². The van der Waals surface area contributed by atoms with E-state index in [4.69, 9.17) is 5.73 Å². The number of benzene rings is 1. The molecule has 5 heteroatoms. The molecular weight excluding hydrogens is 240 g/mol. The van der Waals surface area contributed by atoms with E-state index in [0.29, 0.717) is 13.0 Å². The highest BCUT2D eigenvalue weighted by Gasteiger charge is 2.19. The van der Waals surface area contributed by atoms with Gasteiger partial charge in [0.25, 0.3) is 0 Å². The molecule has 3 N–H and O–H groups in total. The van der Waals surface area contributed by atoms with Crippen LogP contribution in [0.15, 0.2) is 18.2 Å². The summed E-state index contributed by atoms with van der Waals surface area (Å²) in [4.78, 5) is 15.9. The second-order valence-electron chi connectivity index (χ2n) is 4.82. The van der Waals surface area contributed by atoms with Gasteiger partial charge in [0.1, 0.15) is 5.82 Å². The summed E-state index contributed by atoms with van der Waals surface area (Å²) in [6, 6.07) is 6.01. The lowest BCUT2D eigenvalue weighted by atomic mass is 10.0. The summed E-state index contributed by atoms with van der Waals surface area (Å²) < 4.78 is 2.02. The van der Waals surface area contributed by atoms with Crippen molar-refractivity contribution in [3.63, 3.8) is 0 Å². The van der Waals surface area contributed by atoms with Gasteiger partial charge in [-0.2, -0.15) is 0 Å². The normalized spacial score (nSPS) is 13.5. The van der Waals surface area contributed by atoms with E-state index < -0.39 is 0 Å². The molecule has 1 aromatic heterocycles. The molecule has 1 aromatic carbocycles. The van der Waals surface area contributed by atoms with Gasteiger partial charge in [-0.15, -0.1) is 0 Å². The lowest BCUT2D eigenvalue weighted by Gasteiger charge is -2.08. The Balaban J connectivity index is 2.11. The van der Waals surface area contributed by atoms with Gasteiger partial charge < -0.3 is 15.6 Å². The van der Waals surface area contributed by atoms with E-state index in [-0.39, 0.29) is 5.91 Å². The van der Waals surface area contributed by atoms with Gasteiger partial charge in [-0.05, 0) is 24.6 Å². The first-order chi connectivity index (χ1) is 9.10. The Morgan fingerprint density at radius 1 is 1.47 bits per heavy atom. The second kappa shape index (κ2) is 4.20. The van der Waals surface area contributed by atoms with Crippen molar-refractivity contribution < 1.29 is 4.79 Å². The molecule has 0 fully saturated rings. The van der Waals surface area contributed by atoms with E-state index in [1.165, 1.54) is 0 Å². The number of hydrogen-bond donors (Lipinski definition) is 2. The molecule has 0 unspecified atom stereocenters. The predicted octanol–water partition coefficient (Wildman–Crippen LogP) is 1.35. The van der Waals surface area contributed by atoms with E-state index in [1.54, 1.807) is 0 Å². The average Bonchev–Trinajstić information content (AvgIpc) is 2.87. The highest BCUT2D eigenvalue weighted by Crippen LogP contribution is 2.30. The number of hydrogen-bond acceptors (Lipinski definition) is 3. The van der Waals surface area contributed by atoms with Gasteiger partial charge in [-0.3, -0.25) is 4.79 Å². The molecule has 0 aliphatic carbocycles. The fourth-order valence-corrected chi connectivity index (χ4v) is 2.65. The fraction of sp³-hybridized carbons (Fsp3) is 0.286. The first-order valence-electron chi connectivity index (χ1n) is 6.25. The molecule has 0 spiro atoms. The molecule has 0 bridgehead atoms. The van der Waals surface area contributed by atoms with Crippen molar-refractivity contribution in [3.05, 3.63) is 35.3 Å². The molecule has 0 atom stereocenters. The zero-order chi connectivity index (χ0) is 13.6. The number of imidazole rings is 1. The van der Waals surface area contributed by atoms with Crippen LogP contribution >= 0.6 is 0 Å². The van der Waals surface area contributed by atoms with Crippen molar-refractivity contribution in [1.82, 2.24) is 9.55 Å². The number of amides is 1. The first kappa shape index (κ1) is 11.9. The zero-order valence-electron chi connectivity index (χ0n) is 11.0. The molecule has 98 valence electrons. The molecule has 3 rings (SSSR count). The maximum absolute atomic E-state index is 11.4. The van der Waals surface area contributed by atoms with Crippen LogP contribution in [-0.4, -0.2) is 15.5 Å². The Labute approximate surface area is 111 Å². The maximum atomic E-state index is 11.4. The molecule has 1 aliphatic rings. The van der Waals surface area contributed by atoms with Gasteiger partial charge in [0.2, 0.25) is 5.91 Å². The third-order valence-corrected chi connectivity index (χ3v) is 3.55. The predicted molar refractivity (Wildman–Crippen MR) is 73.6 cm³/mol. The molecule has 0 saturated carbocycles. The summed E-state index contributed by atoms with van der Waals surface area (Å²) in [5.74, 6) is 0.915. The second-order valence-corrected chi connectivity index (χ2v) is 4.82. The van der Waals surface area contributed by atoms with Gasteiger partial charge >= 0.3 is 0 Å². The number of anilines is 1. The number of rotatable bonds is 2. The van der Waals surface area contributed by atoms with Crippen LogP contribution in [0.3, 0.4) is 0 Å². The molecule has 1 amide bonds. The Kier molecular flexibility index (Phi) is 2.64. The summed E-state index contributed by atoms with van der Waals surface area (Å²) in [5, 5.41) is 2.84. The van der Waals surface area contributed by atoms with Crippen LogP contribution in [0.25, 0.3) is 11.3 Å². The van der Waals surface area contributed by atoms with Gasteiger partial charge in [-0.25, -0.2) is 4.98 Å². The van der Waals surface area contributed by atoms with E-state index >= 15 is 0 Å². The Bertz CT molecular complexity index is 672. The minimum atomic E-state index is 0.0523. The minimum Gasteiger partial charge on any atom is -0.330 e. The highest BCUT2D eigenvalue weighted by molar-refractivity contribution is 5.99. The Morgan fingerprint density at radius 3 is 2.95 bits per heavy atom. The lowest BCUT2D eigenvalue weighted by Crippen LogP contribution is -2.05. The molecule has 19 heavy (non-hydrogen) atoms. The summed E-state index contributed by atoms with van der Waals surface area (Å²) in [5.41, 5.74) is 10.7. The molecule has 5 nitrogen and oxygen atoms in total. The molecule has 2 heterocycles. The van der Waals surface area contributed by atoms with Crippen molar-refractivity contribution in [2.24, 2.45) is 12.8 Å². The highest BCUT2D eigenvalue weighted by atomic mass is 16.1. The monoisotopic (exact) mass is 256 g/mol. The summed E-state index contributed by atoms with van der Waals surface area (Å²) >= 11 is 0. The minimum absolute atomic E-state index is 0.0523. The van der Waals surface area contributed by atoms with E-state index in [9.17, 15) is 4.79 Å². The topological polar surface area (TPSA) is 72.9 Å². The number of aryl methyl sites for hydroxylation is 1. The molecule has 0 saturated heterocycles. The number of nitrogens with one attached hydrogen (secondary N) is 1. The fourth-order valence-electron chi connectivity index (χ4n) is 2.65. The van der Waals surface area contributed by atoms with E-state index in [2.05, 4.69) is 16.4 Å². The van der Waals surface area contributed by atoms with Crippen molar-refractivity contribution in [3.8, 4) is 11.3 Å². The Morgan fingerprint density at radius 2 is 2.26 bits per heavy atom. The summed E-state index contributed by atoms with van der Waals surface area (Å²) in [6.07, 6.45) is 0.448. The van der Waals surface area contributed by atoms with Crippen molar-refractivity contribution >= 4 is 11.6 Å². The molecule has 0 radical (unpaired) electrons. The van der Waals surface area contributed by atoms with Gasteiger partial charge in [0, 0.05) is 18.3 Å². The standard InChI is InChI=1S/C14H16N4O/c1-8-14(18(2)12(7-15)16-8)9-3-4-11-10(5-9)6-13(19)17-11/h3-5H,6-7,15H2,1-2H3,(H,17,19). The quantitative estimate of drug-likeness (QED) is 0.851. The molecule has 2 aromatic rings. The SMILES string of the molecule is Cc1nc(CN)n(C)c1-c1ccc2c(c1)CC(=O)N2. The largest absolute Gasteiger partial charge is 0.330 e. The van der Waals surface area contributed by atoms with Crippen LogP contribution in [0, 0.1) is 6.92 Å². The Hall–Kier alpha value is -2.14. The van der Waals surface area contributed by atoms with Crippen molar-refractivity contribution in [1.29, 1.82) is 0 Å². The van der Waals surface area contributed by atoms with Crippen LogP contribution in [0.5, 0.6) is 0 Å². The first-order valence-corrected chi connectivity index (χ1v) is 6.25. The van der Waals surface area contributed by atoms with Crippen LogP contribution in [0.1, 0.15) is 17.1 Å². The number of aromatic nitrogens is 2.